The Hall–Kier alpha value is -5.43. The molecule has 0 unspecified atom stereocenters. The molecule has 2 aliphatic heterocycles. The molecule has 8 rings (SSSR count). The van der Waals surface area contributed by atoms with Crippen molar-refractivity contribution in [3.05, 3.63) is 113 Å². The number of hydrogen-bond acceptors (Lipinski definition) is 9. The number of hydrogen-bond donors (Lipinski definition) is 1. The molecule has 6 aromatic rings. The third-order valence-corrected chi connectivity index (χ3v) is 9.49. The standard InChI is InChI=1S/C35H38N12O/c36-33-32-34(38-23-37-33)44(24-39-32)20-27-21-45(42-40-27)22-29-31(30-12-7-15-47(30)41-29)35(48)46(19-26-10-5-2-6-11-26)28-13-16-43(17-14-28)18-25-8-3-1-4-9-25/h1-6,8-11,21,23-24,28H,7,12-20,22H2,(H2,36,37,38). The van der Waals surface area contributed by atoms with Gasteiger partial charge < -0.3 is 15.2 Å². The van der Waals surface area contributed by atoms with E-state index in [-0.39, 0.29) is 11.9 Å². The zero-order valence-electron chi connectivity index (χ0n) is 26.8. The lowest BCUT2D eigenvalue weighted by atomic mass is 9.99. The second-order valence-electron chi connectivity index (χ2n) is 12.7. The average molecular weight is 643 g/mol. The van der Waals surface area contributed by atoms with Crippen LogP contribution in [0.4, 0.5) is 5.82 Å². The number of fused-ring (bicyclic) bond motifs is 2. The summed E-state index contributed by atoms with van der Waals surface area (Å²) in [6.07, 6.45) is 8.67. The molecular formula is C35H38N12O. The maximum atomic E-state index is 14.8. The predicted molar refractivity (Wildman–Crippen MR) is 180 cm³/mol. The Morgan fingerprint density at radius 3 is 2.46 bits per heavy atom. The number of nitrogens with zero attached hydrogens (tertiary/aromatic N) is 11. The number of anilines is 1. The van der Waals surface area contributed by atoms with Gasteiger partial charge in [0.05, 0.1) is 42.6 Å². The number of likely N-dealkylation sites (tertiary alicyclic amines) is 1. The van der Waals surface area contributed by atoms with Crippen molar-refractivity contribution in [2.45, 2.75) is 64.4 Å². The third-order valence-electron chi connectivity index (χ3n) is 9.49. The van der Waals surface area contributed by atoms with Gasteiger partial charge in [-0.15, -0.1) is 5.10 Å². The first-order valence-electron chi connectivity index (χ1n) is 16.6. The number of aryl methyl sites for hydroxylation is 1. The highest BCUT2D eigenvalue weighted by molar-refractivity contribution is 5.97. The number of amides is 1. The Morgan fingerprint density at radius 2 is 1.67 bits per heavy atom. The van der Waals surface area contributed by atoms with Gasteiger partial charge in [0.2, 0.25) is 0 Å². The third kappa shape index (κ3) is 6.04. The van der Waals surface area contributed by atoms with Gasteiger partial charge in [-0.2, -0.15) is 5.10 Å². The van der Waals surface area contributed by atoms with Crippen molar-refractivity contribution < 1.29 is 4.79 Å². The highest BCUT2D eigenvalue weighted by atomic mass is 16.2. The molecule has 0 bridgehead atoms. The van der Waals surface area contributed by atoms with E-state index in [4.69, 9.17) is 10.8 Å². The van der Waals surface area contributed by atoms with Crippen molar-refractivity contribution in [1.29, 1.82) is 0 Å². The Labute approximate surface area is 278 Å². The first-order chi connectivity index (χ1) is 23.6. The van der Waals surface area contributed by atoms with Gasteiger partial charge in [0.15, 0.2) is 11.5 Å². The van der Waals surface area contributed by atoms with Gasteiger partial charge in [-0.1, -0.05) is 65.9 Å². The number of benzene rings is 2. The smallest absolute Gasteiger partial charge is 0.258 e. The summed E-state index contributed by atoms with van der Waals surface area (Å²) in [5, 5.41) is 13.8. The lowest BCUT2D eigenvalue weighted by molar-refractivity contribution is 0.0540. The van der Waals surface area contributed by atoms with Crippen LogP contribution in [0.1, 0.15) is 57.8 Å². The second kappa shape index (κ2) is 13.0. The predicted octanol–water partition coefficient (Wildman–Crippen LogP) is 3.55. The van der Waals surface area contributed by atoms with Crippen LogP contribution in [0.2, 0.25) is 0 Å². The fraction of sp³-hybridized carbons (Fsp3) is 0.343. The first-order valence-corrected chi connectivity index (χ1v) is 16.6. The molecule has 13 nitrogen and oxygen atoms in total. The molecule has 0 atom stereocenters. The van der Waals surface area contributed by atoms with Crippen LogP contribution in [-0.2, 0) is 39.1 Å². The number of aromatic nitrogens is 9. The van der Waals surface area contributed by atoms with Crippen molar-refractivity contribution in [1.82, 2.24) is 54.1 Å². The largest absolute Gasteiger partial charge is 0.382 e. The summed E-state index contributed by atoms with van der Waals surface area (Å²) in [5.74, 6) is 0.396. The van der Waals surface area contributed by atoms with Crippen LogP contribution in [0.5, 0.6) is 0 Å². The van der Waals surface area contributed by atoms with Crippen molar-refractivity contribution >= 4 is 22.9 Å². The summed E-state index contributed by atoms with van der Waals surface area (Å²) in [7, 11) is 0. The Balaban J connectivity index is 1.04. The molecular weight excluding hydrogens is 604 g/mol. The minimum absolute atomic E-state index is 0.0565. The van der Waals surface area contributed by atoms with Gasteiger partial charge in [0.25, 0.3) is 5.91 Å². The van der Waals surface area contributed by atoms with Gasteiger partial charge in [-0.05, 0) is 36.8 Å². The number of rotatable bonds is 10. The summed E-state index contributed by atoms with van der Waals surface area (Å²) in [6.45, 7) is 4.98. The maximum absolute atomic E-state index is 14.8. The average Bonchev–Trinajstić information content (AvgIpc) is 3.91. The molecule has 0 saturated carbocycles. The van der Waals surface area contributed by atoms with E-state index in [0.29, 0.717) is 36.6 Å². The second-order valence-corrected chi connectivity index (χ2v) is 12.7. The fourth-order valence-corrected chi connectivity index (χ4v) is 7.10. The lowest BCUT2D eigenvalue weighted by Gasteiger charge is -2.39. The quantitative estimate of drug-likeness (QED) is 0.237. The molecule has 1 fully saturated rings. The van der Waals surface area contributed by atoms with E-state index in [2.05, 4.69) is 77.5 Å². The summed E-state index contributed by atoms with van der Waals surface area (Å²) in [5.41, 5.74) is 12.8. The van der Waals surface area contributed by atoms with Crippen LogP contribution < -0.4 is 5.73 Å². The minimum Gasteiger partial charge on any atom is -0.382 e. The molecule has 2 N–H and O–H groups in total. The van der Waals surface area contributed by atoms with E-state index in [1.807, 2.05) is 33.6 Å². The summed E-state index contributed by atoms with van der Waals surface area (Å²) >= 11 is 0. The normalized spacial score (nSPS) is 15.2. The van der Waals surface area contributed by atoms with Crippen molar-refractivity contribution in [3.63, 3.8) is 0 Å². The molecule has 13 heteroatoms. The number of nitrogens with two attached hydrogens (primary N) is 1. The van der Waals surface area contributed by atoms with E-state index >= 15 is 0 Å². The van der Waals surface area contributed by atoms with Crippen LogP contribution in [0.15, 0.2) is 79.5 Å². The van der Waals surface area contributed by atoms with E-state index < -0.39 is 0 Å². The van der Waals surface area contributed by atoms with Crippen LogP contribution >= 0.6 is 0 Å². The molecule has 6 heterocycles. The van der Waals surface area contributed by atoms with Gasteiger partial charge in [-0.3, -0.25) is 14.4 Å². The summed E-state index contributed by atoms with van der Waals surface area (Å²) in [6, 6.07) is 21.1. The van der Waals surface area contributed by atoms with Crippen LogP contribution in [0, 0.1) is 0 Å². The lowest BCUT2D eigenvalue weighted by Crippen LogP contribution is -2.47. The fourth-order valence-electron chi connectivity index (χ4n) is 7.10. The van der Waals surface area contributed by atoms with Gasteiger partial charge >= 0.3 is 0 Å². The number of nitrogen functional groups attached to an aromatic ring is 1. The molecule has 0 radical (unpaired) electrons. The highest BCUT2D eigenvalue weighted by Crippen LogP contribution is 2.29. The van der Waals surface area contributed by atoms with Crippen molar-refractivity contribution in [3.8, 4) is 0 Å². The molecule has 48 heavy (non-hydrogen) atoms. The zero-order chi connectivity index (χ0) is 32.5. The van der Waals surface area contributed by atoms with Crippen LogP contribution in [0.25, 0.3) is 11.2 Å². The summed E-state index contributed by atoms with van der Waals surface area (Å²) < 4.78 is 5.65. The van der Waals surface area contributed by atoms with Gasteiger partial charge in [0, 0.05) is 38.8 Å². The molecule has 1 amide bonds. The summed E-state index contributed by atoms with van der Waals surface area (Å²) in [4.78, 5) is 32.1. The van der Waals surface area contributed by atoms with Crippen molar-refractivity contribution in [2.24, 2.45) is 0 Å². The van der Waals surface area contributed by atoms with E-state index in [1.165, 1.54) is 11.9 Å². The number of carbonyl (C=O) groups excluding carboxylic acids is 1. The molecule has 2 aliphatic rings. The molecule has 4 aromatic heterocycles. The molecule has 0 aliphatic carbocycles. The SMILES string of the molecule is Nc1ncnc2c1ncn2Cc1cn(Cc2nn3c(c2C(=O)N(Cc2ccccc2)C2CCN(Cc4ccccc4)CC2)CCC3)nn1. The van der Waals surface area contributed by atoms with Crippen LogP contribution in [-0.4, -0.2) is 79.1 Å². The zero-order valence-corrected chi connectivity index (χ0v) is 26.8. The number of piperidine rings is 1. The Bertz CT molecular complexity index is 2020. The Morgan fingerprint density at radius 1 is 0.896 bits per heavy atom. The van der Waals surface area contributed by atoms with E-state index in [9.17, 15) is 4.79 Å². The maximum Gasteiger partial charge on any atom is 0.258 e. The van der Waals surface area contributed by atoms with E-state index in [1.54, 1.807) is 11.0 Å². The Kier molecular flexibility index (Phi) is 8.10. The van der Waals surface area contributed by atoms with E-state index in [0.717, 1.165) is 80.1 Å². The molecule has 0 spiro atoms. The first kappa shape index (κ1) is 29.9. The van der Waals surface area contributed by atoms with Gasteiger partial charge in [-0.25, -0.2) is 19.6 Å². The highest BCUT2D eigenvalue weighted by Gasteiger charge is 2.34. The molecule has 1 saturated heterocycles. The number of imidazole rings is 1. The molecule has 2 aromatic carbocycles. The topological polar surface area (TPSA) is 142 Å². The van der Waals surface area contributed by atoms with Crippen molar-refractivity contribution in [2.75, 3.05) is 18.8 Å². The minimum atomic E-state index is 0.0565. The van der Waals surface area contributed by atoms with Crippen LogP contribution in [0.3, 0.4) is 0 Å². The van der Waals surface area contributed by atoms with Gasteiger partial charge in [0.1, 0.15) is 17.5 Å². The monoisotopic (exact) mass is 642 g/mol. The number of carbonyl (C=O) groups is 1. The molecule has 244 valence electrons.